The van der Waals surface area contributed by atoms with Gasteiger partial charge < -0.3 is 15.3 Å². The standard InChI is InChI=1S/C20H23N3O2/c1-3-23(14-19(24)18-10-4-15(2)5-11-18)20(25)22-13-17-8-6-16(12-21)7-9-17/h4-11,19,24H,3,13-14H2,1-2H3,(H,22,25). The van der Waals surface area contributed by atoms with Crippen molar-refractivity contribution in [3.63, 3.8) is 0 Å². The Kier molecular flexibility index (Phi) is 6.55. The molecule has 130 valence electrons. The van der Waals surface area contributed by atoms with Gasteiger partial charge in [-0.15, -0.1) is 0 Å². The Balaban J connectivity index is 1.91. The van der Waals surface area contributed by atoms with Crippen molar-refractivity contribution < 1.29 is 9.90 Å². The number of aryl methyl sites for hydroxylation is 1. The number of benzene rings is 2. The van der Waals surface area contributed by atoms with Gasteiger partial charge in [-0.25, -0.2) is 4.79 Å². The Labute approximate surface area is 148 Å². The van der Waals surface area contributed by atoms with E-state index in [9.17, 15) is 9.90 Å². The van der Waals surface area contributed by atoms with Gasteiger partial charge in [-0.1, -0.05) is 42.0 Å². The Morgan fingerprint density at radius 2 is 1.84 bits per heavy atom. The van der Waals surface area contributed by atoms with Crippen molar-refractivity contribution in [3.05, 3.63) is 70.8 Å². The molecule has 2 amide bonds. The van der Waals surface area contributed by atoms with Crippen LogP contribution in [0, 0.1) is 18.3 Å². The second-order valence-corrected chi connectivity index (χ2v) is 5.93. The fourth-order valence-electron chi connectivity index (χ4n) is 2.44. The van der Waals surface area contributed by atoms with Gasteiger partial charge in [0.1, 0.15) is 0 Å². The first-order valence-corrected chi connectivity index (χ1v) is 8.30. The van der Waals surface area contributed by atoms with Gasteiger partial charge in [0.15, 0.2) is 0 Å². The van der Waals surface area contributed by atoms with Gasteiger partial charge in [-0.05, 0) is 37.1 Å². The van der Waals surface area contributed by atoms with Crippen LogP contribution in [0.25, 0.3) is 0 Å². The molecule has 2 aromatic carbocycles. The van der Waals surface area contributed by atoms with Crippen LogP contribution < -0.4 is 5.32 Å². The lowest BCUT2D eigenvalue weighted by Crippen LogP contribution is -2.41. The Bertz CT molecular complexity index is 733. The van der Waals surface area contributed by atoms with Gasteiger partial charge in [0.05, 0.1) is 24.3 Å². The monoisotopic (exact) mass is 337 g/mol. The zero-order valence-electron chi connectivity index (χ0n) is 14.6. The smallest absolute Gasteiger partial charge is 0.317 e. The zero-order valence-corrected chi connectivity index (χ0v) is 14.6. The van der Waals surface area contributed by atoms with Crippen LogP contribution in [0.3, 0.4) is 0 Å². The van der Waals surface area contributed by atoms with Gasteiger partial charge >= 0.3 is 6.03 Å². The third-order valence-corrected chi connectivity index (χ3v) is 4.05. The second kappa shape index (κ2) is 8.86. The molecule has 1 atom stereocenters. The second-order valence-electron chi connectivity index (χ2n) is 5.93. The van der Waals surface area contributed by atoms with E-state index >= 15 is 0 Å². The lowest BCUT2D eigenvalue weighted by atomic mass is 10.1. The molecule has 5 nitrogen and oxygen atoms in total. The van der Waals surface area contributed by atoms with E-state index < -0.39 is 6.10 Å². The van der Waals surface area contributed by atoms with Crippen molar-refractivity contribution in [2.24, 2.45) is 0 Å². The average Bonchev–Trinajstić information content (AvgIpc) is 2.64. The molecule has 2 N–H and O–H groups in total. The molecule has 5 heteroatoms. The van der Waals surface area contributed by atoms with Gasteiger partial charge in [0, 0.05) is 13.1 Å². The molecule has 0 saturated heterocycles. The highest BCUT2D eigenvalue weighted by Crippen LogP contribution is 2.15. The molecule has 1 unspecified atom stereocenters. The third-order valence-electron chi connectivity index (χ3n) is 4.05. The molecule has 0 spiro atoms. The molecule has 25 heavy (non-hydrogen) atoms. The largest absolute Gasteiger partial charge is 0.387 e. The normalized spacial score (nSPS) is 11.4. The molecule has 0 radical (unpaired) electrons. The highest BCUT2D eigenvalue weighted by molar-refractivity contribution is 5.74. The first-order chi connectivity index (χ1) is 12.0. The zero-order chi connectivity index (χ0) is 18.2. The summed E-state index contributed by atoms with van der Waals surface area (Å²) in [6.07, 6.45) is -0.721. The number of carbonyl (C=O) groups excluding carboxylic acids is 1. The number of rotatable bonds is 6. The van der Waals surface area contributed by atoms with Crippen LogP contribution >= 0.6 is 0 Å². The van der Waals surface area contributed by atoms with Crippen LogP contribution in [-0.2, 0) is 6.54 Å². The number of nitrogens with one attached hydrogen (secondary N) is 1. The number of amides is 2. The van der Waals surface area contributed by atoms with E-state index in [4.69, 9.17) is 5.26 Å². The highest BCUT2D eigenvalue weighted by atomic mass is 16.3. The number of likely N-dealkylation sites (N-methyl/N-ethyl adjacent to an activating group) is 1. The first kappa shape index (κ1) is 18.5. The van der Waals surface area contributed by atoms with Crippen molar-refractivity contribution >= 4 is 6.03 Å². The molecular formula is C20H23N3O2. The van der Waals surface area contributed by atoms with Gasteiger partial charge in [-0.3, -0.25) is 0 Å². The first-order valence-electron chi connectivity index (χ1n) is 8.30. The fraction of sp³-hybridized carbons (Fsp3) is 0.300. The third kappa shape index (κ3) is 5.33. The highest BCUT2D eigenvalue weighted by Gasteiger charge is 2.17. The summed E-state index contributed by atoms with van der Waals surface area (Å²) in [5.41, 5.74) is 3.43. The maximum Gasteiger partial charge on any atom is 0.317 e. The minimum atomic E-state index is -0.721. The summed E-state index contributed by atoms with van der Waals surface area (Å²) < 4.78 is 0. The summed E-state index contributed by atoms with van der Waals surface area (Å²) >= 11 is 0. The predicted octanol–water partition coefficient (Wildman–Crippen LogP) is 3.13. The quantitative estimate of drug-likeness (QED) is 0.850. The van der Waals surface area contributed by atoms with Crippen molar-refractivity contribution in [1.82, 2.24) is 10.2 Å². The van der Waals surface area contributed by atoms with Crippen LogP contribution in [0.1, 0.15) is 35.3 Å². The summed E-state index contributed by atoms with van der Waals surface area (Å²) in [7, 11) is 0. The SMILES string of the molecule is CCN(CC(O)c1ccc(C)cc1)C(=O)NCc1ccc(C#N)cc1. The van der Waals surface area contributed by atoms with Crippen molar-refractivity contribution in [2.75, 3.05) is 13.1 Å². The van der Waals surface area contributed by atoms with E-state index in [1.807, 2.05) is 50.2 Å². The Hall–Kier alpha value is -2.84. The summed E-state index contributed by atoms with van der Waals surface area (Å²) in [5, 5.41) is 22.0. The van der Waals surface area contributed by atoms with Crippen LogP contribution in [0.15, 0.2) is 48.5 Å². The molecule has 0 aliphatic heterocycles. The lowest BCUT2D eigenvalue weighted by molar-refractivity contribution is 0.123. The number of hydrogen-bond donors (Lipinski definition) is 2. The maximum atomic E-state index is 12.3. The van der Waals surface area contributed by atoms with Crippen LogP contribution in [0.5, 0.6) is 0 Å². The van der Waals surface area contributed by atoms with E-state index in [1.54, 1.807) is 17.0 Å². The molecular weight excluding hydrogens is 314 g/mol. The van der Waals surface area contributed by atoms with E-state index in [1.165, 1.54) is 0 Å². The number of hydrogen-bond acceptors (Lipinski definition) is 3. The Morgan fingerprint density at radius 1 is 1.20 bits per heavy atom. The summed E-state index contributed by atoms with van der Waals surface area (Å²) in [6, 6.07) is 16.6. The van der Waals surface area contributed by atoms with E-state index in [-0.39, 0.29) is 12.6 Å². The molecule has 2 aromatic rings. The minimum Gasteiger partial charge on any atom is -0.387 e. The Morgan fingerprint density at radius 3 is 2.40 bits per heavy atom. The number of nitrogens with zero attached hydrogens (tertiary/aromatic N) is 2. The molecule has 2 rings (SSSR count). The molecule has 0 saturated carbocycles. The molecule has 0 heterocycles. The summed E-state index contributed by atoms with van der Waals surface area (Å²) in [6.45, 7) is 4.98. The molecule has 0 bridgehead atoms. The number of urea groups is 1. The summed E-state index contributed by atoms with van der Waals surface area (Å²) in [5.74, 6) is 0. The molecule has 0 aromatic heterocycles. The molecule has 0 aliphatic rings. The number of carbonyl (C=O) groups is 1. The lowest BCUT2D eigenvalue weighted by Gasteiger charge is -2.24. The van der Waals surface area contributed by atoms with Gasteiger partial charge in [0.2, 0.25) is 0 Å². The average molecular weight is 337 g/mol. The van der Waals surface area contributed by atoms with E-state index in [0.29, 0.717) is 18.7 Å². The number of nitriles is 1. The number of aliphatic hydroxyl groups excluding tert-OH is 1. The van der Waals surface area contributed by atoms with Gasteiger partial charge in [0.25, 0.3) is 0 Å². The maximum absolute atomic E-state index is 12.3. The molecule has 0 aliphatic carbocycles. The van der Waals surface area contributed by atoms with E-state index in [2.05, 4.69) is 11.4 Å². The van der Waals surface area contributed by atoms with Crippen molar-refractivity contribution in [1.29, 1.82) is 5.26 Å². The van der Waals surface area contributed by atoms with Crippen molar-refractivity contribution in [3.8, 4) is 6.07 Å². The number of aliphatic hydroxyl groups is 1. The minimum absolute atomic E-state index is 0.224. The van der Waals surface area contributed by atoms with Gasteiger partial charge in [-0.2, -0.15) is 5.26 Å². The van der Waals surface area contributed by atoms with E-state index in [0.717, 1.165) is 16.7 Å². The molecule has 0 fully saturated rings. The topological polar surface area (TPSA) is 76.4 Å². The van der Waals surface area contributed by atoms with Crippen LogP contribution in [-0.4, -0.2) is 29.1 Å². The fourth-order valence-corrected chi connectivity index (χ4v) is 2.44. The van der Waals surface area contributed by atoms with Crippen LogP contribution in [0.4, 0.5) is 4.79 Å². The summed E-state index contributed by atoms with van der Waals surface area (Å²) in [4.78, 5) is 13.9. The van der Waals surface area contributed by atoms with Crippen LogP contribution in [0.2, 0.25) is 0 Å². The van der Waals surface area contributed by atoms with Crippen molar-refractivity contribution in [2.45, 2.75) is 26.5 Å². The predicted molar refractivity (Wildman–Crippen MR) is 96.8 cm³/mol.